The van der Waals surface area contributed by atoms with Crippen molar-refractivity contribution in [2.75, 3.05) is 25.4 Å². The van der Waals surface area contributed by atoms with Gasteiger partial charge in [0.1, 0.15) is 25.3 Å². The fraction of sp³-hybridized carbons (Fsp3) is 0.391. The van der Waals surface area contributed by atoms with Crippen molar-refractivity contribution in [3.63, 3.8) is 0 Å². The Morgan fingerprint density at radius 2 is 1.89 bits per heavy atom. The average Bonchev–Trinajstić information content (AvgIpc) is 3.18. The number of benzene rings is 1. The molecule has 3 aromatic rings. The van der Waals surface area contributed by atoms with Crippen molar-refractivity contribution in [2.24, 2.45) is 0 Å². The molecule has 13 heteroatoms. The Labute approximate surface area is 207 Å². The number of nitrogens with zero attached hydrogens (tertiary/aromatic N) is 5. The van der Waals surface area contributed by atoms with E-state index in [1.807, 2.05) is 30.3 Å². The van der Waals surface area contributed by atoms with Crippen molar-refractivity contribution in [3.05, 3.63) is 42.2 Å². The van der Waals surface area contributed by atoms with E-state index in [9.17, 15) is 19.5 Å². The van der Waals surface area contributed by atoms with Gasteiger partial charge in [0.25, 0.3) is 0 Å². The summed E-state index contributed by atoms with van der Waals surface area (Å²) >= 11 is 0. The molecule has 13 nitrogen and oxygen atoms in total. The van der Waals surface area contributed by atoms with Crippen LogP contribution >= 0.6 is 0 Å². The van der Waals surface area contributed by atoms with Crippen molar-refractivity contribution in [2.45, 2.75) is 39.5 Å². The van der Waals surface area contributed by atoms with Gasteiger partial charge in [-0.1, -0.05) is 30.3 Å². The first-order valence-electron chi connectivity index (χ1n) is 11.1. The van der Waals surface area contributed by atoms with Crippen LogP contribution in [-0.2, 0) is 27.5 Å². The number of ether oxygens (including phenoxy) is 2. The van der Waals surface area contributed by atoms with Gasteiger partial charge in [-0.15, -0.1) is 0 Å². The number of carbonyl (C=O) groups is 3. The molecule has 36 heavy (non-hydrogen) atoms. The number of alkyl carbamates (subject to hydrolysis) is 1. The molecule has 192 valence electrons. The van der Waals surface area contributed by atoms with Crippen molar-refractivity contribution < 1.29 is 29.0 Å². The van der Waals surface area contributed by atoms with E-state index >= 15 is 0 Å². The number of anilines is 1. The third-order valence-corrected chi connectivity index (χ3v) is 4.70. The van der Waals surface area contributed by atoms with Gasteiger partial charge in [-0.25, -0.2) is 9.78 Å². The second-order valence-corrected chi connectivity index (χ2v) is 8.84. The molecule has 0 unspecified atom stereocenters. The average molecular weight is 500 g/mol. The first-order chi connectivity index (χ1) is 17.0. The normalized spacial score (nSPS) is 11.2. The molecular formula is C23H29N7O6. The van der Waals surface area contributed by atoms with Gasteiger partial charge in [0, 0.05) is 13.1 Å². The number of carboxylic acid groups (broad SMARTS) is 1. The molecule has 2 amide bonds. The van der Waals surface area contributed by atoms with E-state index in [2.05, 4.69) is 20.3 Å². The summed E-state index contributed by atoms with van der Waals surface area (Å²) in [4.78, 5) is 49.7. The number of carbonyl (C=O) groups excluding carboxylic acids is 2. The molecule has 0 aliphatic heterocycles. The standard InChI is InChI=1S/C23H29N7O6/c1-23(2,3)36-22(34)25-9-10-29(12-17(32)33)16(31)11-30-14-26-18-19(30)27-21(24)28-20(18)35-13-15-7-5-4-6-8-15/h4-8,14H,9-13H2,1-3H3,(H,25,34)(H,32,33)(H2,24,27,28). The fourth-order valence-electron chi connectivity index (χ4n) is 3.18. The molecule has 0 radical (unpaired) electrons. The fourth-order valence-corrected chi connectivity index (χ4v) is 3.18. The summed E-state index contributed by atoms with van der Waals surface area (Å²) in [6.45, 7) is 4.54. The van der Waals surface area contributed by atoms with E-state index in [0.717, 1.165) is 10.5 Å². The van der Waals surface area contributed by atoms with Gasteiger partial charge >= 0.3 is 12.1 Å². The summed E-state index contributed by atoms with van der Waals surface area (Å²) in [5.41, 5.74) is 6.66. The van der Waals surface area contributed by atoms with Gasteiger partial charge in [0.05, 0.1) is 6.33 Å². The molecule has 0 spiro atoms. The van der Waals surface area contributed by atoms with Crippen LogP contribution in [0.1, 0.15) is 26.3 Å². The maximum absolute atomic E-state index is 12.9. The molecule has 1 aromatic carbocycles. The topological polar surface area (TPSA) is 175 Å². The minimum atomic E-state index is -1.20. The summed E-state index contributed by atoms with van der Waals surface area (Å²) in [5.74, 6) is -1.62. The highest BCUT2D eigenvalue weighted by Gasteiger charge is 2.21. The Morgan fingerprint density at radius 1 is 1.17 bits per heavy atom. The van der Waals surface area contributed by atoms with Gasteiger partial charge < -0.3 is 35.1 Å². The maximum Gasteiger partial charge on any atom is 0.407 e. The third kappa shape index (κ3) is 7.55. The molecule has 0 saturated heterocycles. The monoisotopic (exact) mass is 499 g/mol. The Hall–Kier alpha value is -4.42. The predicted octanol–water partition coefficient (Wildman–Crippen LogP) is 1.43. The summed E-state index contributed by atoms with van der Waals surface area (Å²) in [7, 11) is 0. The molecule has 0 bridgehead atoms. The molecule has 2 heterocycles. The highest BCUT2D eigenvalue weighted by atomic mass is 16.6. The number of hydrogen-bond donors (Lipinski definition) is 3. The number of nitrogens with one attached hydrogen (secondary N) is 1. The van der Waals surface area contributed by atoms with Crippen molar-refractivity contribution in [1.82, 2.24) is 29.7 Å². The van der Waals surface area contributed by atoms with Crippen LogP contribution in [0.4, 0.5) is 10.7 Å². The minimum Gasteiger partial charge on any atom is -0.480 e. The van der Waals surface area contributed by atoms with Gasteiger partial charge in [0.15, 0.2) is 11.2 Å². The summed E-state index contributed by atoms with van der Waals surface area (Å²) in [6, 6.07) is 9.45. The number of aromatic nitrogens is 4. The predicted molar refractivity (Wildman–Crippen MR) is 129 cm³/mol. The molecule has 0 saturated carbocycles. The number of imidazole rings is 1. The molecule has 0 aliphatic carbocycles. The number of rotatable bonds is 10. The molecule has 0 atom stereocenters. The maximum atomic E-state index is 12.9. The van der Waals surface area contributed by atoms with Crippen LogP contribution in [0.3, 0.4) is 0 Å². The Balaban J connectivity index is 1.70. The van der Waals surface area contributed by atoms with E-state index in [0.29, 0.717) is 5.52 Å². The van der Waals surface area contributed by atoms with Crippen LogP contribution in [0.2, 0.25) is 0 Å². The van der Waals surface area contributed by atoms with Crippen LogP contribution in [0.25, 0.3) is 11.2 Å². The highest BCUT2D eigenvalue weighted by molar-refractivity contribution is 5.84. The molecule has 0 aliphatic rings. The van der Waals surface area contributed by atoms with Crippen LogP contribution in [0.15, 0.2) is 36.7 Å². The Bertz CT molecular complexity index is 1220. The molecule has 3 rings (SSSR count). The van der Waals surface area contributed by atoms with Gasteiger partial charge in [-0.05, 0) is 26.3 Å². The molecular weight excluding hydrogens is 470 g/mol. The largest absolute Gasteiger partial charge is 0.480 e. The minimum absolute atomic E-state index is 0.00516. The lowest BCUT2D eigenvalue weighted by molar-refractivity contribution is -0.144. The molecule has 4 N–H and O–H groups in total. The van der Waals surface area contributed by atoms with Crippen molar-refractivity contribution in [3.8, 4) is 5.88 Å². The van der Waals surface area contributed by atoms with Crippen LogP contribution in [0.5, 0.6) is 5.88 Å². The van der Waals surface area contributed by atoms with E-state index in [-0.39, 0.29) is 43.7 Å². The first kappa shape index (κ1) is 26.2. The lowest BCUT2D eigenvalue weighted by atomic mass is 10.2. The molecule has 0 fully saturated rings. The van der Waals surface area contributed by atoms with Gasteiger partial charge in [-0.2, -0.15) is 9.97 Å². The van der Waals surface area contributed by atoms with Crippen molar-refractivity contribution >= 4 is 35.1 Å². The van der Waals surface area contributed by atoms with Gasteiger partial charge in [-0.3, -0.25) is 9.59 Å². The zero-order valence-corrected chi connectivity index (χ0v) is 20.3. The number of carboxylic acids is 1. The number of fused-ring (bicyclic) bond motifs is 1. The Kier molecular flexibility index (Phi) is 8.25. The van der Waals surface area contributed by atoms with E-state index < -0.39 is 30.1 Å². The SMILES string of the molecule is CC(C)(C)OC(=O)NCCN(CC(=O)O)C(=O)Cn1cnc2c(OCc3ccccc3)nc(N)nc21. The lowest BCUT2D eigenvalue weighted by Crippen LogP contribution is -2.43. The van der Waals surface area contributed by atoms with Crippen molar-refractivity contribution in [1.29, 1.82) is 0 Å². The number of aliphatic carboxylic acids is 1. The second kappa shape index (κ2) is 11.3. The van der Waals surface area contributed by atoms with E-state index in [1.165, 1.54) is 10.9 Å². The number of amides is 2. The van der Waals surface area contributed by atoms with Crippen LogP contribution in [-0.4, -0.2) is 72.7 Å². The third-order valence-electron chi connectivity index (χ3n) is 4.70. The Morgan fingerprint density at radius 3 is 2.56 bits per heavy atom. The zero-order chi connectivity index (χ0) is 26.3. The van der Waals surface area contributed by atoms with E-state index in [4.69, 9.17) is 15.2 Å². The molecule has 2 aromatic heterocycles. The number of nitrogen functional groups attached to an aromatic ring is 1. The quantitative estimate of drug-likeness (QED) is 0.370. The summed E-state index contributed by atoms with van der Waals surface area (Å²) in [5, 5.41) is 11.7. The van der Waals surface area contributed by atoms with Crippen LogP contribution in [0, 0.1) is 0 Å². The van der Waals surface area contributed by atoms with Gasteiger partial charge in [0.2, 0.25) is 17.7 Å². The van der Waals surface area contributed by atoms with E-state index in [1.54, 1.807) is 20.8 Å². The smallest absolute Gasteiger partial charge is 0.407 e. The summed E-state index contributed by atoms with van der Waals surface area (Å²) in [6.07, 6.45) is 0.713. The first-order valence-corrected chi connectivity index (χ1v) is 11.1. The highest BCUT2D eigenvalue weighted by Crippen LogP contribution is 2.23. The zero-order valence-electron chi connectivity index (χ0n) is 20.3. The second-order valence-electron chi connectivity index (χ2n) is 8.84. The number of nitrogens with two attached hydrogens (primary N) is 1. The van der Waals surface area contributed by atoms with Crippen LogP contribution < -0.4 is 15.8 Å². The summed E-state index contributed by atoms with van der Waals surface area (Å²) < 4.78 is 12.4. The number of hydrogen-bond acceptors (Lipinski definition) is 9. The lowest BCUT2D eigenvalue weighted by Gasteiger charge is -2.23.